The van der Waals surface area contributed by atoms with Crippen LogP contribution in [0.5, 0.6) is 0 Å². The zero-order valence-corrected chi connectivity index (χ0v) is 20.6. The van der Waals surface area contributed by atoms with E-state index in [1.54, 1.807) is 0 Å². The second kappa shape index (κ2) is 12.6. The van der Waals surface area contributed by atoms with Crippen LogP contribution in [0.3, 0.4) is 0 Å². The van der Waals surface area contributed by atoms with Gasteiger partial charge in [0.25, 0.3) is 6.47 Å². The van der Waals surface area contributed by atoms with Crippen LogP contribution in [0.25, 0.3) is 0 Å². The molecule has 0 N–H and O–H groups in total. The van der Waals surface area contributed by atoms with Gasteiger partial charge in [-0.15, -0.1) is 0 Å². The first kappa shape index (κ1) is 25.0. The molecule has 0 aliphatic heterocycles. The largest absolute Gasteiger partial charge is 0.478 e. The molecule has 182 valence electrons. The monoisotopic (exact) mass is 476 g/mol. The van der Waals surface area contributed by atoms with Crippen LogP contribution in [-0.2, 0) is 26.3 Å². The minimum atomic E-state index is -0.864. The van der Waals surface area contributed by atoms with Crippen molar-refractivity contribution in [2.24, 2.45) is 0 Å². The molecule has 0 aliphatic carbocycles. The van der Waals surface area contributed by atoms with Gasteiger partial charge in [-0.3, -0.25) is 4.79 Å². The average molecular weight is 477 g/mol. The minimum Gasteiger partial charge on any atom is -0.478 e. The fourth-order valence-corrected chi connectivity index (χ4v) is 4.60. The lowest BCUT2D eigenvalue weighted by Gasteiger charge is -2.37. The van der Waals surface area contributed by atoms with E-state index in [9.17, 15) is 4.79 Å². The van der Waals surface area contributed by atoms with E-state index in [0.29, 0.717) is 19.3 Å². The predicted octanol–water partition coefficient (Wildman–Crippen LogP) is 7.46. The van der Waals surface area contributed by atoms with Crippen molar-refractivity contribution in [1.29, 1.82) is 0 Å². The highest BCUT2D eigenvalue weighted by atomic mass is 16.5. The number of carbonyl (C=O) groups excluding carboxylic acids is 1. The van der Waals surface area contributed by atoms with Gasteiger partial charge >= 0.3 is 0 Å². The first-order chi connectivity index (χ1) is 17.8. The molecule has 0 radical (unpaired) electrons. The maximum Gasteiger partial charge on any atom is 0.293 e. The van der Waals surface area contributed by atoms with Crippen molar-refractivity contribution in [1.82, 2.24) is 0 Å². The topological polar surface area (TPSA) is 35.5 Å². The number of benzene rings is 4. The molecule has 0 heterocycles. The molecule has 0 saturated heterocycles. The number of allylic oxidation sites excluding steroid dienone is 1. The van der Waals surface area contributed by atoms with Gasteiger partial charge in [-0.1, -0.05) is 121 Å². The smallest absolute Gasteiger partial charge is 0.293 e. The van der Waals surface area contributed by atoms with E-state index in [0.717, 1.165) is 28.9 Å². The lowest BCUT2D eigenvalue weighted by molar-refractivity contribution is -0.134. The van der Waals surface area contributed by atoms with E-state index in [1.807, 2.05) is 85.8 Å². The highest BCUT2D eigenvalue weighted by Crippen LogP contribution is 2.42. The molecule has 1 atom stereocenters. The summed E-state index contributed by atoms with van der Waals surface area (Å²) in [5, 5.41) is 0. The molecule has 36 heavy (non-hydrogen) atoms. The fraction of sp³-hybridized carbons (Fsp3) is 0.182. The molecule has 3 heteroatoms. The number of ether oxygens (including phenoxy) is 2. The Morgan fingerprint density at radius 2 is 1.17 bits per heavy atom. The Labute approximate surface area is 214 Å². The Balaban J connectivity index is 1.70. The number of rotatable bonds is 12. The van der Waals surface area contributed by atoms with Gasteiger partial charge in [-0.05, 0) is 31.4 Å². The summed E-state index contributed by atoms with van der Waals surface area (Å²) < 4.78 is 12.6. The Morgan fingerprint density at radius 1 is 0.722 bits per heavy atom. The SMILES string of the molecule is C/C=C(\CC(CCc1ccccc1)OC=O)OC(c1ccccc1)(c1ccccc1)c1ccccc1. The first-order valence-corrected chi connectivity index (χ1v) is 12.4. The van der Waals surface area contributed by atoms with E-state index in [1.165, 1.54) is 5.56 Å². The standard InChI is InChI=1S/C33H32O3/c1-2-31(25-32(35-26-34)24-23-27-15-7-3-8-16-27)36-33(28-17-9-4-10-18-28,29-19-11-5-12-20-29)30-21-13-6-14-22-30/h2-22,26,32H,23-25H2,1H3/b31-2+. The molecular formula is C33H32O3. The van der Waals surface area contributed by atoms with Crippen LogP contribution in [0.15, 0.2) is 133 Å². The van der Waals surface area contributed by atoms with Crippen LogP contribution in [0.2, 0.25) is 0 Å². The fourth-order valence-electron chi connectivity index (χ4n) is 4.60. The molecular weight excluding hydrogens is 444 g/mol. The van der Waals surface area contributed by atoms with Gasteiger partial charge in [-0.2, -0.15) is 0 Å². The molecule has 4 aromatic carbocycles. The number of hydrogen-bond acceptors (Lipinski definition) is 3. The van der Waals surface area contributed by atoms with Gasteiger partial charge < -0.3 is 9.47 Å². The molecule has 0 aromatic heterocycles. The third-order valence-corrected chi connectivity index (χ3v) is 6.42. The van der Waals surface area contributed by atoms with Crippen LogP contribution >= 0.6 is 0 Å². The van der Waals surface area contributed by atoms with Crippen LogP contribution in [0.1, 0.15) is 42.0 Å². The highest BCUT2D eigenvalue weighted by Gasteiger charge is 2.39. The Hall–Kier alpha value is -4.11. The van der Waals surface area contributed by atoms with Crippen LogP contribution in [0.4, 0.5) is 0 Å². The quantitative estimate of drug-likeness (QED) is 0.121. The first-order valence-electron chi connectivity index (χ1n) is 12.4. The summed E-state index contributed by atoms with van der Waals surface area (Å²) in [5.41, 5.74) is 3.43. The highest BCUT2D eigenvalue weighted by molar-refractivity contribution is 5.48. The summed E-state index contributed by atoms with van der Waals surface area (Å²) in [4.78, 5) is 11.4. The molecule has 4 aromatic rings. The molecule has 0 aliphatic rings. The van der Waals surface area contributed by atoms with E-state index in [-0.39, 0.29) is 6.10 Å². The zero-order chi connectivity index (χ0) is 25.1. The van der Waals surface area contributed by atoms with Crippen LogP contribution in [-0.4, -0.2) is 12.6 Å². The van der Waals surface area contributed by atoms with E-state index >= 15 is 0 Å². The predicted molar refractivity (Wildman–Crippen MR) is 144 cm³/mol. The normalized spacial score (nSPS) is 12.5. The Kier molecular flexibility index (Phi) is 8.72. The number of carbonyl (C=O) groups is 1. The summed E-state index contributed by atoms with van der Waals surface area (Å²) in [5.74, 6) is 0.770. The van der Waals surface area contributed by atoms with Crippen molar-refractivity contribution in [3.05, 3.63) is 155 Å². The number of hydrogen-bond donors (Lipinski definition) is 0. The second-order valence-corrected chi connectivity index (χ2v) is 8.72. The maximum atomic E-state index is 11.4. The van der Waals surface area contributed by atoms with E-state index in [2.05, 4.69) is 48.5 Å². The van der Waals surface area contributed by atoms with Crippen LogP contribution < -0.4 is 0 Å². The molecule has 1 unspecified atom stereocenters. The van der Waals surface area contributed by atoms with Gasteiger partial charge in [0.1, 0.15) is 6.10 Å². The van der Waals surface area contributed by atoms with Crippen molar-refractivity contribution in [3.63, 3.8) is 0 Å². The summed E-state index contributed by atoms with van der Waals surface area (Å²) in [7, 11) is 0. The third kappa shape index (κ3) is 5.92. The molecule has 0 amide bonds. The Bertz CT molecular complexity index is 1120. The van der Waals surface area contributed by atoms with E-state index in [4.69, 9.17) is 9.47 Å². The van der Waals surface area contributed by atoms with Gasteiger partial charge in [0.15, 0.2) is 5.60 Å². The molecule has 3 nitrogen and oxygen atoms in total. The maximum absolute atomic E-state index is 11.4. The molecule has 0 bridgehead atoms. The average Bonchev–Trinajstić information content (AvgIpc) is 2.96. The second-order valence-electron chi connectivity index (χ2n) is 8.72. The molecule has 0 fully saturated rings. The Morgan fingerprint density at radius 3 is 1.58 bits per heavy atom. The lowest BCUT2D eigenvalue weighted by Crippen LogP contribution is -2.33. The molecule has 0 spiro atoms. The van der Waals surface area contributed by atoms with Crippen molar-refractivity contribution >= 4 is 6.47 Å². The van der Waals surface area contributed by atoms with Crippen molar-refractivity contribution in [2.45, 2.75) is 37.9 Å². The van der Waals surface area contributed by atoms with Crippen molar-refractivity contribution in [3.8, 4) is 0 Å². The van der Waals surface area contributed by atoms with E-state index < -0.39 is 5.60 Å². The van der Waals surface area contributed by atoms with Gasteiger partial charge in [0, 0.05) is 23.1 Å². The minimum absolute atomic E-state index is 0.297. The van der Waals surface area contributed by atoms with Crippen molar-refractivity contribution in [2.75, 3.05) is 0 Å². The summed E-state index contributed by atoms with van der Waals surface area (Å²) >= 11 is 0. The number of aryl methyl sites for hydroxylation is 1. The van der Waals surface area contributed by atoms with Crippen LogP contribution in [0, 0.1) is 0 Å². The third-order valence-electron chi connectivity index (χ3n) is 6.42. The molecule has 0 saturated carbocycles. The van der Waals surface area contributed by atoms with Gasteiger partial charge in [0.05, 0.1) is 5.76 Å². The van der Waals surface area contributed by atoms with Gasteiger partial charge in [0.2, 0.25) is 0 Å². The summed E-state index contributed by atoms with van der Waals surface area (Å²) in [6.45, 7) is 2.51. The summed E-state index contributed by atoms with van der Waals surface area (Å²) in [6.07, 6.45) is 3.69. The van der Waals surface area contributed by atoms with Crippen molar-refractivity contribution < 1.29 is 14.3 Å². The summed E-state index contributed by atoms with van der Waals surface area (Å²) in [6, 6.07) is 41.1. The van der Waals surface area contributed by atoms with Gasteiger partial charge in [-0.25, -0.2) is 0 Å². The lowest BCUT2D eigenvalue weighted by atomic mass is 9.80. The zero-order valence-electron chi connectivity index (χ0n) is 20.6. The molecule has 4 rings (SSSR count).